The number of hydrogen-bond acceptors (Lipinski definition) is 2. The Morgan fingerprint density at radius 2 is 2.06 bits per heavy atom. The van der Waals surface area contributed by atoms with Crippen molar-refractivity contribution in [3.05, 3.63) is 34.9 Å². The molecule has 0 bridgehead atoms. The lowest BCUT2D eigenvalue weighted by atomic mass is 9.85. The minimum atomic E-state index is -0.239. The van der Waals surface area contributed by atoms with Crippen molar-refractivity contribution < 1.29 is 4.79 Å². The normalized spacial score (nSPS) is 19.4. The molecule has 1 aromatic rings. The molecule has 0 aromatic heterocycles. The average Bonchev–Trinajstić information content (AvgIpc) is 2.54. The number of benzene rings is 1. The molecule has 0 spiro atoms. The van der Waals surface area contributed by atoms with Crippen LogP contribution < -0.4 is 0 Å². The Morgan fingerprint density at radius 1 is 1.38 bits per heavy atom. The molecule has 0 saturated carbocycles. The van der Waals surface area contributed by atoms with Gasteiger partial charge in [-0.2, -0.15) is 5.26 Å². The maximum atomic E-state index is 11.8. The van der Waals surface area contributed by atoms with Gasteiger partial charge >= 0.3 is 0 Å². The average molecular weight is 213 g/mol. The summed E-state index contributed by atoms with van der Waals surface area (Å²) in [4.78, 5) is 11.8. The van der Waals surface area contributed by atoms with Gasteiger partial charge in [0.2, 0.25) is 0 Å². The van der Waals surface area contributed by atoms with E-state index in [9.17, 15) is 4.79 Å². The van der Waals surface area contributed by atoms with Gasteiger partial charge < -0.3 is 0 Å². The van der Waals surface area contributed by atoms with Gasteiger partial charge in [0.15, 0.2) is 5.78 Å². The van der Waals surface area contributed by atoms with Crippen LogP contribution in [0.25, 0.3) is 0 Å². The van der Waals surface area contributed by atoms with Crippen molar-refractivity contribution >= 4 is 5.78 Å². The number of hydrogen-bond donors (Lipinski definition) is 0. The minimum absolute atomic E-state index is 0.0417. The van der Waals surface area contributed by atoms with Gasteiger partial charge in [-0.05, 0) is 22.6 Å². The smallest absolute Gasteiger partial charge is 0.164 e. The summed E-state index contributed by atoms with van der Waals surface area (Å²) in [6, 6.07) is 8.11. The molecule has 82 valence electrons. The highest BCUT2D eigenvalue weighted by Crippen LogP contribution is 2.35. The molecule has 16 heavy (non-hydrogen) atoms. The molecule has 1 unspecified atom stereocenters. The van der Waals surface area contributed by atoms with Crippen LogP contribution in [0.3, 0.4) is 0 Å². The summed E-state index contributed by atoms with van der Waals surface area (Å²) in [7, 11) is 0. The highest BCUT2D eigenvalue weighted by atomic mass is 16.1. The largest absolute Gasteiger partial charge is 0.294 e. The Balaban J connectivity index is 2.53. The van der Waals surface area contributed by atoms with Crippen molar-refractivity contribution in [3.8, 4) is 6.07 Å². The van der Waals surface area contributed by atoms with Gasteiger partial charge in [0, 0.05) is 12.0 Å². The van der Waals surface area contributed by atoms with Crippen molar-refractivity contribution in [1.29, 1.82) is 5.26 Å². The van der Waals surface area contributed by atoms with E-state index in [0.29, 0.717) is 6.42 Å². The summed E-state index contributed by atoms with van der Waals surface area (Å²) in [6.07, 6.45) is 0.347. The molecule has 0 radical (unpaired) electrons. The number of ketones is 1. The van der Waals surface area contributed by atoms with Gasteiger partial charge in [0.1, 0.15) is 0 Å². The molecular formula is C14H15NO. The second-order valence-corrected chi connectivity index (χ2v) is 5.36. The quantitative estimate of drug-likeness (QED) is 0.664. The predicted octanol–water partition coefficient (Wildman–Crippen LogP) is 3.18. The Kier molecular flexibility index (Phi) is 2.35. The number of nitriles is 1. The zero-order valence-electron chi connectivity index (χ0n) is 9.87. The van der Waals surface area contributed by atoms with Gasteiger partial charge in [-0.1, -0.05) is 32.9 Å². The zero-order valence-corrected chi connectivity index (χ0v) is 9.87. The first-order valence-electron chi connectivity index (χ1n) is 5.50. The summed E-state index contributed by atoms with van der Waals surface area (Å²) in [5.41, 5.74) is 2.85. The second kappa shape index (κ2) is 3.45. The van der Waals surface area contributed by atoms with E-state index in [-0.39, 0.29) is 17.1 Å². The topological polar surface area (TPSA) is 40.9 Å². The Morgan fingerprint density at radius 3 is 2.62 bits per heavy atom. The van der Waals surface area contributed by atoms with E-state index in [1.54, 1.807) is 0 Å². The summed E-state index contributed by atoms with van der Waals surface area (Å²) < 4.78 is 0. The molecule has 1 aliphatic carbocycles. The van der Waals surface area contributed by atoms with Crippen LogP contribution in [0.5, 0.6) is 0 Å². The minimum Gasteiger partial charge on any atom is -0.294 e. The molecule has 1 atom stereocenters. The number of rotatable bonds is 0. The van der Waals surface area contributed by atoms with Gasteiger partial charge in [0.25, 0.3) is 0 Å². The van der Waals surface area contributed by atoms with Crippen molar-refractivity contribution in [2.24, 2.45) is 0 Å². The molecule has 0 amide bonds. The Labute approximate surface area is 95.9 Å². The molecule has 2 rings (SSSR count). The number of fused-ring (bicyclic) bond motifs is 1. The highest BCUT2D eigenvalue weighted by molar-refractivity contribution is 6.02. The first-order valence-corrected chi connectivity index (χ1v) is 5.50. The second-order valence-electron chi connectivity index (χ2n) is 5.36. The maximum absolute atomic E-state index is 11.8. The highest BCUT2D eigenvalue weighted by Gasteiger charge is 2.30. The van der Waals surface area contributed by atoms with Crippen molar-refractivity contribution in [2.45, 2.75) is 38.5 Å². The predicted molar refractivity (Wildman–Crippen MR) is 62.4 cm³/mol. The van der Waals surface area contributed by atoms with E-state index in [1.165, 1.54) is 0 Å². The third-order valence-electron chi connectivity index (χ3n) is 3.14. The van der Waals surface area contributed by atoms with Gasteiger partial charge in [-0.25, -0.2) is 0 Å². The van der Waals surface area contributed by atoms with Crippen LogP contribution in [0.4, 0.5) is 0 Å². The fraction of sp³-hybridized carbons (Fsp3) is 0.429. The molecule has 0 saturated heterocycles. The standard InChI is InChI=1S/C14H15NO/c1-14(2,3)10-4-5-11-9(8-15)6-13(16)12(11)7-10/h4-5,7,9H,6H2,1-3H3. The molecule has 2 nitrogen and oxygen atoms in total. The zero-order chi connectivity index (χ0) is 11.9. The van der Waals surface area contributed by atoms with Gasteiger partial charge in [-0.15, -0.1) is 0 Å². The monoisotopic (exact) mass is 213 g/mol. The summed E-state index contributed by atoms with van der Waals surface area (Å²) in [5.74, 6) is -0.135. The van der Waals surface area contributed by atoms with Crippen LogP contribution in [0.15, 0.2) is 18.2 Å². The third kappa shape index (κ3) is 1.63. The summed E-state index contributed by atoms with van der Waals surface area (Å²) in [6.45, 7) is 6.36. The van der Waals surface area contributed by atoms with E-state index in [0.717, 1.165) is 16.7 Å². The molecule has 2 heteroatoms. The first-order chi connectivity index (χ1) is 7.43. The number of nitrogens with zero attached hydrogens (tertiary/aromatic N) is 1. The molecular weight excluding hydrogens is 198 g/mol. The van der Waals surface area contributed by atoms with Crippen LogP contribution in [-0.2, 0) is 5.41 Å². The number of Topliss-reactive ketones (excluding diaryl/α,β-unsaturated/α-hetero) is 1. The van der Waals surface area contributed by atoms with Crippen LogP contribution in [0.2, 0.25) is 0 Å². The molecule has 0 aliphatic heterocycles. The lowest BCUT2D eigenvalue weighted by molar-refractivity contribution is 0.0992. The van der Waals surface area contributed by atoms with Gasteiger partial charge in [0.05, 0.1) is 12.0 Å². The molecule has 1 aliphatic rings. The summed E-state index contributed by atoms with van der Waals surface area (Å²) in [5, 5.41) is 8.96. The maximum Gasteiger partial charge on any atom is 0.164 e. The SMILES string of the molecule is CC(C)(C)c1ccc2c(c1)C(=O)CC2C#N. The molecule has 0 N–H and O–H groups in total. The van der Waals surface area contributed by atoms with Crippen LogP contribution in [-0.4, -0.2) is 5.78 Å². The van der Waals surface area contributed by atoms with Crippen LogP contribution >= 0.6 is 0 Å². The van der Waals surface area contributed by atoms with E-state index in [2.05, 4.69) is 26.8 Å². The van der Waals surface area contributed by atoms with Crippen molar-refractivity contribution in [2.75, 3.05) is 0 Å². The fourth-order valence-electron chi connectivity index (χ4n) is 2.09. The third-order valence-corrected chi connectivity index (χ3v) is 3.14. The van der Waals surface area contributed by atoms with E-state index in [1.807, 2.05) is 18.2 Å². The molecule has 0 heterocycles. The fourth-order valence-corrected chi connectivity index (χ4v) is 2.09. The van der Waals surface area contributed by atoms with Crippen molar-refractivity contribution in [3.63, 3.8) is 0 Å². The Hall–Kier alpha value is -1.62. The van der Waals surface area contributed by atoms with Crippen molar-refractivity contribution in [1.82, 2.24) is 0 Å². The first kappa shape index (κ1) is 10.9. The van der Waals surface area contributed by atoms with E-state index < -0.39 is 0 Å². The van der Waals surface area contributed by atoms with Crippen LogP contribution in [0, 0.1) is 11.3 Å². The van der Waals surface area contributed by atoms with Crippen LogP contribution in [0.1, 0.15) is 54.6 Å². The van der Waals surface area contributed by atoms with E-state index in [4.69, 9.17) is 5.26 Å². The van der Waals surface area contributed by atoms with Gasteiger partial charge in [-0.3, -0.25) is 4.79 Å². The Bertz CT molecular complexity index is 488. The summed E-state index contributed by atoms with van der Waals surface area (Å²) >= 11 is 0. The lowest BCUT2D eigenvalue weighted by Crippen LogP contribution is -2.11. The molecule has 0 fully saturated rings. The number of carbonyl (C=O) groups is 1. The molecule has 1 aromatic carbocycles. The van der Waals surface area contributed by atoms with E-state index >= 15 is 0 Å². The number of carbonyl (C=O) groups excluding carboxylic acids is 1. The lowest BCUT2D eigenvalue weighted by Gasteiger charge is -2.19.